The maximum absolute atomic E-state index is 12.1. The molecule has 0 aromatic heterocycles. The van der Waals surface area contributed by atoms with Gasteiger partial charge in [0.05, 0.1) is 10.0 Å². The van der Waals surface area contributed by atoms with Crippen LogP contribution in [0.2, 0.25) is 18.6 Å². The zero-order valence-corrected chi connectivity index (χ0v) is 14.6. The molecule has 0 aromatic carbocycles. The van der Waals surface area contributed by atoms with Crippen LogP contribution in [0.1, 0.15) is 19.8 Å². The zero-order valence-electron chi connectivity index (χ0n) is 12.0. The first-order chi connectivity index (χ1) is 9.29. The molecule has 1 atom stereocenters. The van der Waals surface area contributed by atoms with Crippen LogP contribution in [-0.4, -0.2) is 43.5 Å². The Hall–Kier alpha value is -0.173. The first-order valence-electron chi connectivity index (χ1n) is 6.12. The number of hydrogen-bond acceptors (Lipinski definition) is 5. The molecule has 0 aliphatic carbocycles. The Labute approximate surface area is 124 Å². The monoisotopic (exact) mass is 370 g/mol. The fourth-order valence-corrected chi connectivity index (χ4v) is 6.95. The molecule has 12 heteroatoms. The molecule has 0 saturated heterocycles. The van der Waals surface area contributed by atoms with Crippen molar-refractivity contribution in [1.29, 1.82) is 0 Å². The van der Waals surface area contributed by atoms with E-state index in [2.05, 4.69) is 0 Å². The molecule has 0 aromatic rings. The molecule has 0 aliphatic heterocycles. The lowest BCUT2D eigenvalue weighted by Crippen LogP contribution is -2.33. The van der Waals surface area contributed by atoms with Gasteiger partial charge in [0, 0.05) is 12.9 Å². The van der Waals surface area contributed by atoms with Gasteiger partial charge < -0.3 is 8.55 Å². The van der Waals surface area contributed by atoms with Crippen LogP contribution in [-0.2, 0) is 24.5 Å². The van der Waals surface area contributed by atoms with Crippen LogP contribution < -0.4 is 0 Å². The van der Waals surface area contributed by atoms with E-state index >= 15 is 0 Å². The fourth-order valence-electron chi connectivity index (χ4n) is 1.72. The Morgan fingerprint density at radius 2 is 1.67 bits per heavy atom. The van der Waals surface area contributed by atoms with Crippen molar-refractivity contribution < 1.29 is 34.4 Å². The lowest BCUT2D eigenvalue weighted by molar-refractivity contribution is -0.0425. The fraction of sp³-hybridized carbons (Fsp3) is 1.00. The summed E-state index contributed by atoms with van der Waals surface area (Å²) in [6.45, 7) is 3.82. The van der Waals surface area contributed by atoms with Crippen molar-refractivity contribution in [2.24, 2.45) is 0 Å². The van der Waals surface area contributed by atoms with E-state index in [9.17, 15) is 30.0 Å². The van der Waals surface area contributed by atoms with E-state index in [4.69, 9.17) is 4.43 Å². The minimum Gasteiger partial charge on any atom is -0.428 e. The summed E-state index contributed by atoms with van der Waals surface area (Å²) >= 11 is 0. The first-order valence-corrected chi connectivity index (χ1v) is 12.0. The molecular weight excluding hydrogens is 351 g/mol. The number of sulfonamides is 2. The molecule has 0 heterocycles. The lowest BCUT2D eigenvalue weighted by atomic mass is 10.6. The Balaban J connectivity index is 4.66. The second-order valence-corrected chi connectivity index (χ2v) is 12.7. The Kier molecular flexibility index (Phi) is 7.33. The van der Waals surface area contributed by atoms with E-state index in [0.29, 0.717) is 6.04 Å². The van der Waals surface area contributed by atoms with Gasteiger partial charge in [-0.25, -0.2) is 16.8 Å². The SMILES string of the molecule is CCC[Si](C)(CCCS(=O)(=O)[N-]S(=O)(=O)C(F)(F)F)OC. The van der Waals surface area contributed by atoms with Crippen LogP contribution in [0.5, 0.6) is 0 Å². The molecule has 1 unspecified atom stereocenters. The predicted molar refractivity (Wildman–Crippen MR) is 75.3 cm³/mol. The van der Waals surface area contributed by atoms with E-state index in [-0.39, 0.29) is 6.42 Å². The van der Waals surface area contributed by atoms with Crippen LogP contribution >= 0.6 is 0 Å². The quantitative estimate of drug-likeness (QED) is 0.582. The Morgan fingerprint density at radius 3 is 2.05 bits per heavy atom. The van der Waals surface area contributed by atoms with E-state index in [1.165, 1.54) is 7.11 Å². The van der Waals surface area contributed by atoms with Gasteiger partial charge in [-0.3, -0.25) is 0 Å². The van der Waals surface area contributed by atoms with Crippen LogP contribution in [0.3, 0.4) is 0 Å². The van der Waals surface area contributed by atoms with Crippen molar-refractivity contribution in [3.63, 3.8) is 0 Å². The highest BCUT2D eigenvalue weighted by Crippen LogP contribution is 2.30. The van der Waals surface area contributed by atoms with Crippen molar-refractivity contribution in [2.75, 3.05) is 12.9 Å². The molecule has 0 aliphatic rings. The van der Waals surface area contributed by atoms with Gasteiger partial charge in [0.15, 0.2) is 18.3 Å². The van der Waals surface area contributed by atoms with Crippen molar-refractivity contribution >= 4 is 28.4 Å². The molecule has 0 amide bonds. The number of halogens is 3. The minimum atomic E-state index is -6.02. The average Bonchev–Trinajstić information content (AvgIpc) is 2.25. The number of rotatable bonds is 9. The Morgan fingerprint density at radius 1 is 1.14 bits per heavy atom. The van der Waals surface area contributed by atoms with Crippen LogP contribution in [0, 0.1) is 0 Å². The van der Waals surface area contributed by atoms with E-state index in [0.717, 1.165) is 12.5 Å². The summed E-state index contributed by atoms with van der Waals surface area (Å²) in [7, 11) is -11.3. The van der Waals surface area contributed by atoms with Gasteiger partial charge in [-0.15, -0.1) is 0 Å². The summed E-state index contributed by atoms with van der Waals surface area (Å²) in [5, 5.41) is 0. The molecule has 0 bridgehead atoms. The van der Waals surface area contributed by atoms with E-state index in [1.807, 2.05) is 17.6 Å². The number of nitrogens with zero attached hydrogens (tertiary/aromatic N) is 1. The lowest BCUT2D eigenvalue weighted by Gasteiger charge is -2.26. The summed E-state index contributed by atoms with van der Waals surface area (Å²) in [5.74, 6) is -0.752. The molecule has 6 nitrogen and oxygen atoms in total. The highest BCUT2D eigenvalue weighted by molar-refractivity contribution is 8.12. The van der Waals surface area contributed by atoms with Gasteiger partial charge in [0.25, 0.3) is 0 Å². The topological polar surface area (TPSA) is 91.6 Å². The summed E-state index contributed by atoms with van der Waals surface area (Å²) in [5.41, 5.74) is -5.71. The van der Waals surface area contributed by atoms with E-state index < -0.39 is 39.6 Å². The summed E-state index contributed by atoms with van der Waals surface area (Å²) in [4.78, 5) is 0. The minimum absolute atomic E-state index is 0.00970. The predicted octanol–water partition coefficient (Wildman–Crippen LogP) is 2.56. The summed E-state index contributed by atoms with van der Waals surface area (Å²) in [6, 6.07) is 1.18. The standard InChI is InChI=1S/C9H19F3NO5S2Si/c1-4-7-21(3,18-2)8-5-6-19(14,15)13-20(16,17)9(10,11)12/h4-8H2,1-3H3/q-1. The van der Waals surface area contributed by atoms with Gasteiger partial charge in [-0.05, 0) is 25.1 Å². The molecule has 0 spiro atoms. The maximum atomic E-state index is 12.1. The van der Waals surface area contributed by atoms with Gasteiger partial charge in [-0.2, -0.15) is 13.2 Å². The number of alkyl halides is 3. The van der Waals surface area contributed by atoms with E-state index in [1.54, 1.807) is 0 Å². The summed E-state index contributed by atoms with van der Waals surface area (Å²) in [6.07, 6.45) is 0.853. The zero-order chi connectivity index (χ0) is 16.9. The highest BCUT2D eigenvalue weighted by atomic mass is 32.3. The van der Waals surface area contributed by atoms with Crippen LogP contribution in [0.15, 0.2) is 0 Å². The second kappa shape index (κ2) is 7.40. The first kappa shape index (κ1) is 20.8. The molecule has 128 valence electrons. The van der Waals surface area contributed by atoms with Gasteiger partial charge in [-0.1, -0.05) is 13.3 Å². The summed E-state index contributed by atoms with van der Waals surface area (Å²) < 4.78 is 87.7. The third kappa shape index (κ3) is 7.08. The van der Waals surface area contributed by atoms with Crippen LogP contribution in [0.4, 0.5) is 13.2 Å². The molecular formula is C9H19F3NO5S2Si-. The van der Waals surface area contributed by atoms with Crippen molar-refractivity contribution in [1.82, 2.24) is 0 Å². The van der Waals surface area contributed by atoms with Gasteiger partial charge in [0.1, 0.15) is 0 Å². The Bertz CT molecular complexity index is 534. The van der Waals surface area contributed by atoms with Gasteiger partial charge >= 0.3 is 5.51 Å². The molecule has 0 fully saturated rings. The van der Waals surface area contributed by atoms with Gasteiger partial charge in [0.2, 0.25) is 0 Å². The average molecular weight is 370 g/mol. The van der Waals surface area contributed by atoms with Crippen molar-refractivity contribution in [3.8, 4) is 0 Å². The third-order valence-corrected chi connectivity index (χ3v) is 9.92. The smallest absolute Gasteiger partial charge is 0.428 e. The van der Waals surface area contributed by atoms with Crippen molar-refractivity contribution in [2.45, 2.75) is 43.9 Å². The largest absolute Gasteiger partial charge is 0.480 e. The second-order valence-electron chi connectivity index (χ2n) is 4.79. The number of hydrogen-bond donors (Lipinski definition) is 0. The molecule has 0 rings (SSSR count). The molecule has 0 radical (unpaired) electrons. The molecule has 0 N–H and O–H groups in total. The normalized spacial score (nSPS) is 16.7. The maximum Gasteiger partial charge on any atom is 0.480 e. The van der Waals surface area contributed by atoms with Crippen molar-refractivity contribution in [3.05, 3.63) is 4.13 Å². The third-order valence-electron chi connectivity index (χ3n) is 2.88. The molecule has 21 heavy (non-hydrogen) atoms. The highest BCUT2D eigenvalue weighted by Gasteiger charge is 2.40. The van der Waals surface area contributed by atoms with Crippen LogP contribution in [0.25, 0.3) is 4.13 Å². The molecule has 0 saturated carbocycles.